The van der Waals surface area contributed by atoms with Crippen molar-refractivity contribution < 1.29 is 9.59 Å². The van der Waals surface area contributed by atoms with E-state index in [1.165, 1.54) is 0 Å². The van der Waals surface area contributed by atoms with Crippen LogP contribution >= 0.6 is 23.2 Å². The first-order chi connectivity index (χ1) is 10.5. The Morgan fingerprint density at radius 2 is 2.18 bits per heavy atom. The summed E-state index contributed by atoms with van der Waals surface area (Å²) in [6.07, 6.45) is 2.18. The molecule has 5 nitrogen and oxygen atoms in total. The summed E-state index contributed by atoms with van der Waals surface area (Å²) in [5, 5.41) is 9.24. The van der Waals surface area contributed by atoms with Crippen LogP contribution in [0.3, 0.4) is 0 Å². The van der Waals surface area contributed by atoms with Crippen LogP contribution in [-0.4, -0.2) is 37.0 Å². The SMILES string of the molecule is CC(NC(=O)c1cccc(Cl)c1Cl)C(=O)NCC1CCCN1. The van der Waals surface area contributed by atoms with Gasteiger partial charge in [0.15, 0.2) is 0 Å². The lowest BCUT2D eigenvalue weighted by Gasteiger charge is -2.17. The van der Waals surface area contributed by atoms with Gasteiger partial charge in [-0.3, -0.25) is 9.59 Å². The number of rotatable bonds is 5. The van der Waals surface area contributed by atoms with Crippen molar-refractivity contribution in [3.63, 3.8) is 0 Å². The van der Waals surface area contributed by atoms with Crippen molar-refractivity contribution >= 4 is 35.0 Å². The van der Waals surface area contributed by atoms with Crippen LogP contribution in [0.2, 0.25) is 10.0 Å². The predicted octanol–water partition coefficient (Wildman–Crippen LogP) is 1.98. The fraction of sp³-hybridized carbons (Fsp3) is 0.467. The second-order valence-electron chi connectivity index (χ2n) is 5.33. The maximum absolute atomic E-state index is 12.1. The molecule has 0 radical (unpaired) electrons. The van der Waals surface area contributed by atoms with E-state index in [-0.39, 0.29) is 16.5 Å². The first-order valence-electron chi connectivity index (χ1n) is 7.25. The van der Waals surface area contributed by atoms with Gasteiger partial charge < -0.3 is 16.0 Å². The van der Waals surface area contributed by atoms with Crippen molar-refractivity contribution in [2.75, 3.05) is 13.1 Å². The highest BCUT2D eigenvalue weighted by Crippen LogP contribution is 2.25. The Morgan fingerprint density at radius 3 is 2.86 bits per heavy atom. The number of hydrogen-bond acceptors (Lipinski definition) is 3. The number of amides is 2. The van der Waals surface area contributed by atoms with Gasteiger partial charge in [0.25, 0.3) is 5.91 Å². The van der Waals surface area contributed by atoms with Crippen LogP contribution in [0.4, 0.5) is 0 Å². The lowest BCUT2D eigenvalue weighted by atomic mass is 10.2. The van der Waals surface area contributed by atoms with Crippen LogP contribution in [0.1, 0.15) is 30.1 Å². The molecule has 1 heterocycles. The molecule has 1 saturated heterocycles. The molecule has 0 aromatic heterocycles. The zero-order valence-electron chi connectivity index (χ0n) is 12.3. The van der Waals surface area contributed by atoms with Crippen molar-refractivity contribution in [2.45, 2.75) is 31.8 Å². The van der Waals surface area contributed by atoms with Gasteiger partial charge in [-0.15, -0.1) is 0 Å². The molecule has 0 spiro atoms. The van der Waals surface area contributed by atoms with E-state index >= 15 is 0 Å². The zero-order chi connectivity index (χ0) is 16.1. The molecule has 1 aliphatic heterocycles. The quantitative estimate of drug-likeness (QED) is 0.765. The first-order valence-corrected chi connectivity index (χ1v) is 8.00. The smallest absolute Gasteiger partial charge is 0.253 e. The standard InChI is InChI=1S/C15H19Cl2N3O2/c1-9(14(21)19-8-10-4-3-7-18-10)20-15(22)11-5-2-6-12(16)13(11)17/h2,5-6,9-10,18H,3-4,7-8H2,1H3,(H,19,21)(H,20,22). The Kier molecular flexibility index (Phi) is 6.06. The van der Waals surface area contributed by atoms with E-state index in [2.05, 4.69) is 16.0 Å². The molecule has 3 N–H and O–H groups in total. The second-order valence-corrected chi connectivity index (χ2v) is 6.12. The fourth-order valence-corrected chi connectivity index (χ4v) is 2.71. The summed E-state index contributed by atoms with van der Waals surface area (Å²) in [6.45, 7) is 3.19. The molecular weight excluding hydrogens is 325 g/mol. The molecule has 0 bridgehead atoms. The summed E-state index contributed by atoms with van der Waals surface area (Å²) in [6, 6.07) is 4.47. The molecule has 2 amide bonds. The molecule has 1 aliphatic rings. The fourth-order valence-electron chi connectivity index (χ4n) is 2.33. The number of nitrogens with one attached hydrogen (secondary N) is 3. The predicted molar refractivity (Wildman–Crippen MR) is 87.4 cm³/mol. The first kappa shape index (κ1) is 17.1. The summed E-state index contributed by atoms with van der Waals surface area (Å²) in [7, 11) is 0. The van der Waals surface area contributed by atoms with Crippen molar-refractivity contribution in [1.29, 1.82) is 0 Å². The van der Waals surface area contributed by atoms with Crippen molar-refractivity contribution in [2.24, 2.45) is 0 Å². The van der Waals surface area contributed by atoms with Crippen LogP contribution in [-0.2, 0) is 4.79 Å². The van der Waals surface area contributed by atoms with E-state index < -0.39 is 11.9 Å². The summed E-state index contributed by atoms with van der Waals surface area (Å²) in [5.74, 6) is -0.644. The van der Waals surface area contributed by atoms with Gasteiger partial charge in [-0.1, -0.05) is 29.3 Å². The average Bonchev–Trinajstić information content (AvgIpc) is 3.00. The number of carbonyl (C=O) groups is 2. The normalized spacial score (nSPS) is 18.8. The van der Waals surface area contributed by atoms with Gasteiger partial charge in [-0.05, 0) is 38.4 Å². The van der Waals surface area contributed by atoms with Gasteiger partial charge in [0.1, 0.15) is 6.04 Å². The molecule has 1 fully saturated rings. The summed E-state index contributed by atoms with van der Waals surface area (Å²) in [4.78, 5) is 24.2. The minimum Gasteiger partial charge on any atom is -0.353 e. The molecule has 0 saturated carbocycles. The lowest BCUT2D eigenvalue weighted by molar-refractivity contribution is -0.122. The van der Waals surface area contributed by atoms with Gasteiger partial charge in [-0.2, -0.15) is 0 Å². The average molecular weight is 344 g/mol. The Labute approximate surface area is 139 Å². The van der Waals surface area contributed by atoms with Crippen LogP contribution in [0, 0.1) is 0 Å². The van der Waals surface area contributed by atoms with E-state index in [4.69, 9.17) is 23.2 Å². The van der Waals surface area contributed by atoms with Crippen LogP contribution < -0.4 is 16.0 Å². The number of benzene rings is 1. The van der Waals surface area contributed by atoms with Crippen molar-refractivity contribution in [1.82, 2.24) is 16.0 Å². The molecule has 1 aromatic rings. The molecule has 7 heteroatoms. The zero-order valence-corrected chi connectivity index (χ0v) is 13.8. The van der Waals surface area contributed by atoms with Gasteiger partial charge in [0.05, 0.1) is 15.6 Å². The molecular formula is C15H19Cl2N3O2. The van der Waals surface area contributed by atoms with Gasteiger partial charge in [0.2, 0.25) is 5.91 Å². The van der Waals surface area contributed by atoms with E-state index in [1.54, 1.807) is 25.1 Å². The molecule has 0 aliphatic carbocycles. The third kappa shape index (κ3) is 4.35. The highest BCUT2D eigenvalue weighted by atomic mass is 35.5. The number of hydrogen-bond donors (Lipinski definition) is 3. The van der Waals surface area contributed by atoms with Crippen LogP contribution in [0.5, 0.6) is 0 Å². The largest absolute Gasteiger partial charge is 0.353 e. The van der Waals surface area contributed by atoms with Crippen LogP contribution in [0.15, 0.2) is 18.2 Å². The summed E-state index contributed by atoms with van der Waals surface area (Å²) >= 11 is 11.9. The third-order valence-corrected chi connectivity index (χ3v) is 4.44. The van der Waals surface area contributed by atoms with E-state index in [0.29, 0.717) is 17.6 Å². The Hall–Kier alpha value is -1.30. The molecule has 2 atom stereocenters. The maximum Gasteiger partial charge on any atom is 0.253 e. The van der Waals surface area contributed by atoms with Gasteiger partial charge in [0, 0.05) is 12.6 Å². The summed E-state index contributed by atoms with van der Waals surface area (Å²) in [5.41, 5.74) is 0.256. The number of halogens is 2. The molecule has 120 valence electrons. The summed E-state index contributed by atoms with van der Waals surface area (Å²) < 4.78 is 0. The highest BCUT2D eigenvalue weighted by molar-refractivity contribution is 6.43. The monoisotopic (exact) mass is 343 g/mol. The van der Waals surface area contributed by atoms with Gasteiger partial charge in [-0.25, -0.2) is 0 Å². The van der Waals surface area contributed by atoms with Crippen molar-refractivity contribution in [3.05, 3.63) is 33.8 Å². The minimum atomic E-state index is -0.649. The van der Waals surface area contributed by atoms with E-state index in [1.807, 2.05) is 0 Å². The Morgan fingerprint density at radius 1 is 1.41 bits per heavy atom. The van der Waals surface area contributed by atoms with Crippen LogP contribution in [0.25, 0.3) is 0 Å². The maximum atomic E-state index is 12.1. The molecule has 2 unspecified atom stereocenters. The van der Waals surface area contributed by atoms with E-state index in [0.717, 1.165) is 19.4 Å². The second kappa shape index (κ2) is 7.81. The Balaban J connectivity index is 1.87. The topological polar surface area (TPSA) is 70.2 Å². The molecule has 22 heavy (non-hydrogen) atoms. The Bertz CT molecular complexity index is 560. The van der Waals surface area contributed by atoms with Crippen molar-refractivity contribution in [3.8, 4) is 0 Å². The highest BCUT2D eigenvalue weighted by Gasteiger charge is 2.20. The number of carbonyl (C=O) groups excluding carboxylic acids is 2. The lowest BCUT2D eigenvalue weighted by Crippen LogP contribution is -2.47. The third-order valence-electron chi connectivity index (χ3n) is 3.62. The van der Waals surface area contributed by atoms with Gasteiger partial charge >= 0.3 is 0 Å². The minimum absolute atomic E-state index is 0.185. The van der Waals surface area contributed by atoms with E-state index in [9.17, 15) is 9.59 Å². The molecule has 2 rings (SSSR count). The molecule has 1 aromatic carbocycles.